The molecule has 0 amide bonds. The quantitative estimate of drug-likeness (QED) is 0.347. The van der Waals surface area contributed by atoms with Crippen LogP contribution in [-0.2, 0) is 10.0 Å². The van der Waals surface area contributed by atoms with E-state index in [-0.39, 0.29) is 22.3 Å². The first-order valence-electron chi connectivity index (χ1n) is 14.8. The lowest BCUT2D eigenvalue weighted by atomic mass is 9.43. The van der Waals surface area contributed by atoms with Gasteiger partial charge in [-0.1, -0.05) is 65.5 Å². The molecule has 36 heavy (non-hydrogen) atoms. The molecule has 4 nitrogen and oxygen atoms in total. The second kappa shape index (κ2) is 9.08. The fourth-order valence-electron chi connectivity index (χ4n) is 10.2. The van der Waals surface area contributed by atoms with Crippen LogP contribution in [0.15, 0.2) is 11.1 Å². The van der Waals surface area contributed by atoms with Crippen LogP contribution in [0.2, 0.25) is 0 Å². The molecule has 4 aliphatic rings. The van der Waals surface area contributed by atoms with Crippen LogP contribution >= 0.6 is 0 Å². The van der Waals surface area contributed by atoms with Gasteiger partial charge in [0.15, 0.2) is 0 Å². The Morgan fingerprint density at radius 3 is 2.28 bits per heavy atom. The first-order valence-corrected chi connectivity index (χ1v) is 16.7. The van der Waals surface area contributed by atoms with E-state index in [2.05, 4.69) is 46.3 Å². The summed E-state index contributed by atoms with van der Waals surface area (Å²) < 4.78 is 27.3. The number of aliphatic hydroxyl groups is 1. The Morgan fingerprint density at radius 2 is 1.67 bits per heavy atom. The molecule has 7 atom stereocenters. The molecular weight excluding hydrogens is 466 g/mol. The molecule has 2 N–H and O–H groups in total. The Bertz CT molecular complexity index is 992. The van der Waals surface area contributed by atoms with Crippen LogP contribution in [0, 0.1) is 39.4 Å². The van der Waals surface area contributed by atoms with Gasteiger partial charge < -0.3 is 5.11 Å². The van der Waals surface area contributed by atoms with Crippen molar-refractivity contribution in [3.63, 3.8) is 0 Å². The zero-order chi connectivity index (χ0) is 26.9. The van der Waals surface area contributed by atoms with Crippen LogP contribution in [0.3, 0.4) is 0 Å². The van der Waals surface area contributed by atoms with Gasteiger partial charge in [0.1, 0.15) is 0 Å². The molecule has 0 saturated heterocycles. The standard InChI is InChI=1S/C31H55NO3S/c1-21(11-10-17-27(2,3)33)22-14-19-31(8)24-12-13-25-28(4,5)26(32-36(9,34)35)16-18-29(25,6)23(24)15-20-30(22,31)7/h21-22,25-26,32-33H,10-20H2,1-9H3/t21-,22-,25+,26+,29-,30-,31+/m1/s1. The minimum atomic E-state index is -3.21. The van der Waals surface area contributed by atoms with Gasteiger partial charge in [-0.25, -0.2) is 13.1 Å². The lowest BCUT2D eigenvalue weighted by Crippen LogP contribution is -2.58. The Kier molecular flexibility index (Phi) is 7.22. The fourth-order valence-corrected chi connectivity index (χ4v) is 11.1. The lowest BCUT2D eigenvalue weighted by molar-refractivity contribution is -0.0337. The highest BCUT2D eigenvalue weighted by atomic mass is 32.2. The first-order chi connectivity index (χ1) is 16.4. The highest BCUT2D eigenvalue weighted by molar-refractivity contribution is 7.88. The third-order valence-electron chi connectivity index (χ3n) is 12.3. The minimum absolute atomic E-state index is 0.0257. The van der Waals surface area contributed by atoms with Crippen LogP contribution in [0.25, 0.3) is 0 Å². The first kappa shape index (κ1) is 28.6. The summed E-state index contributed by atoms with van der Waals surface area (Å²) in [5.74, 6) is 1.97. The Labute approximate surface area is 222 Å². The van der Waals surface area contributed by atoms with Crippen LogP contribution in [0.4, 0.5) is 0 Å². The highest BCUT2D eigenvalue weighted by Gasteiger charge is 2.63. The molecule has 5 heteroatoms. The molecular formula is C31H55NO3S. The third-order valence-corrected chi connectivity index (χ3v) is 13.1. The highest BCUT2D eigenvalue weighted by Crippen LogP contribution is 2.72. The maximum absolute atomic E-state index is 12.1. The maximum Gasteiger partial charge on any atom is 0.208 e. The van der Waals surface area contributed by atoms with Crippen molar-refractivity contribution in [2.45, 2.75) is 138 Å². The van der Waals surface area contributed by atoms with Gasteiger partial charge in [-0.2, -0.15) is 0 Å². The Hall–Kier alpha value is -0.390. The molecule has 208 valence electrons. The predicted octanol–water partition coefficient (Wildman–Crippen LogP) is 7.23. The summed E-state index contributed by atoms with van der Waals surface area (Å²) in [6.07, 6.45) is 14.1. The topological polar surface area (TPSA) is 66.4 Å². The second-order valence-electron chi connectivity index (χ2n) is 15.3. The maximum atomic E-state index is 12.1. The fraction of sp³-hybridized carbons (Fsp3) is 0.935. The molecule has 0 bridgehead atoms. The van der Waals surface area contributed by atoms with Crippen LogP contribution in [-0.4, -0.2) is 31.4 Å². The zero-order valence-electron chi connectivity index (χ0n) is 24.8. The van der Waals surface area contributed by atoms with E-state index in [4.69, 9.17) is 0 Å². The Balaban J connectivity index is 1.60. The number of hydrogen-bond donors (Lipinski definition) is 2. The van der Waals surface area contributed by atoms with E-state index in [0.717, 1.165) is 31.6 Å². The normalized spacial score (nSPS) is 41.4. The van der Waals surface area contributed by atoms with Gasteiger partial charge >= 0.3 is 0 Å². The average Bonchev–Trinajstić information content (AvgIpc) is 3.00. The van der Waals surface area contributed by atoms with Crippen molar-refractivity contribution in [1.82, 2.24) is 4.72 Å². The predicted molar refractivity (Wildman–Crippen MR) is 150 cm³/mol. The second-order valence-corrected chi connectivity index (χ2v) is 17.1. The Morgan fingerprint density at radius 1 is 1.00 bits per heavy atom. The van der Waals surface area contributed by atoms with Crippen LogP contribution in [0.5, 0.6) is 0 Å². The summed E-state index contributed by atoms with van der Waals surface area (Å²) in [6.45, 7) is 18.7. The molecule has 0 aromatic rings. The molecule has 2 fully saturated rings. The SMILES string of the molecule is C[C@H](CCCC(C)(C)O)[C@H]1CC[C@@]2(C)C3=C(CC[C@]12C)[C@@]1(C)CC[C@H](NS(C)(=O)=O)C(C)(C)[C@@H]1CC3. The number of allylic oxidation sites excluding steroid dienone is 2. The number of rotatable bonds is 7. The van der Waals surface area contributed by atoms with Gasteiger partial charge in [0.25, 0.3) is 0 Å². The molecule has 0 aromatic carbocycles. The number of hydrogen-bond acceptors (Lipinski definition) is 3. The molecule has 0 aromatic heterocycles. The molecule has 0 heterocycles. The van der Waals surface area contributed by atoms with Crippen molar-refractivity contribution in [3.05, 3.63) is 11.1 Å². The van der Waals surface area contributed by atoms with E-state index in [1.165, 1.54) is 51.2 Å². The average molecular weight is 522 g/mol. The van der Waals surface area contributed by atoms with Gasteiger partial charge in [0.2, 0.25) is 10.0 Å². The molecule has 4 rings (SSSR count). The van der Waals surface area contributed by atoms with E-state index >= 15 is 0 Å². The van der Waals surface area contributed by atoms with Crippen LogP contribution in [0.1, 0.15) is 126 Å². The molecule has 0 spiro atoms. The van der Waals surface area contributed by atoms with Crippen molar-refractivity contribution >= 4 is 10.0 Å². The molecule has 0 radical (unpaired) electrons. The smallest absolute Gasteiger partial charge is 0.208 e. The van der Waals surface area contributed by atoms with Gasteiger partial charge in [0, 0.05) is 6.04 Å². The van der Waals surface area contributed by atoms with Gasteiger partial charge in [-0.15, -0.1) is 0 Å². The van der Waals surface area contributed by atoms with E-state index in [1.54, 1.807) is 11.1 Å². The summed E-state index contributed by atoms with van der Waals surface area (Å²) >= 11 is 0. The lowest BCUT2D eigenvalue weighted by Gasteiger charge is -2.62. The minimum Gasteiger partial charge on any atom is -0.390 e. The number of nitrogens with one attached hydrogen (secondary N) is 1. The van der Waals surface area contributed by atoms with Gasteiger partial charge in [-0.05, 0) is 111 Å². The molecule has 0 aliphatic heterocycles. The van der Waals surface area contributed by atoms with Crippen molar-refractivity contribution in [1.29, 1.82) is 0 Å². The summed E-state index contributed by atoms with van der Waals surface area (Å²) in [7, 11) is -3.21. The van der Waals surface area contributed by atoms with Gasteiger partial charge in [0.05, 0.1) is 11.9 Å². The van der Waals surface area contributed by atoms with Crippen molar-refractivity contribution < 1.29 is 13.5 Å². The largest absolute Gasteiger partial charge is 0.390 e. The summed E-state index contributed by atoms with van der Waals surface area (Å²) in [6, 6.07) is 0.0257. The summed E-state index contributed by atoms with van der Waals surface area (Å²) in [5, 5.41) is 10.2. The van der Waals surface area contributed by atoms with E-state index in [9.17, 15) is 13.5 Å². The molecule has 4 aliphatic carbocycles. The van der Waals surface area contributed by atoms with Crippen molar-refractivity contribution in [2.75, 3.05) is 6.26 Å². The number of fused-ring (bicyclic) bond motifs is 4. The molecule has 2 saturated carbocycles. The third kappa shape index (κ3) is 4.66. The van der Waals surface area contributed by atoms with Crippen LogP contribution < -0.4 is 4.72 Å². The monoisotopic (exact) mass is 521 g/mol. The van der Waals surface area contributed by atoms with E-state index in [1.807, 2.05) is 13.8 Å². The van der Waals surface area contributed by atoms with E-state index in [0.29, 0.717) is 17.3 Å². The van der Waals surface area contributed by atoms with Crippen molar-refractivity contribution in [3.8, 4) is 0 Å². The summed E-state index contributed by atoms with van der Waals surface area (Å²) in [5.41, 5.74) is 3.78. The van der Waals surface area contributed by atoms with E-state index < -0.39 is 15.6 Å². The van der Waals surface area contributed by atoms with Gasteiger partial charge in [-0.3, -0.25) is 0 Å². The van der Waals surface area contributed by atoms with Crippen molar-refractivity contribution in [2.24, 2.45) is 39.4 Å². The molecule has 0 unspecified atom stereocenters. The summed E-state index contributed by atoms with van der Waals surface area (Å²) in [4.78, 5) is 0. The zero-order valence-corrected chi connectivity index (χ0v) is 25.6. The number of sulfonamides is 1.